The molecule has 21 heavy (non-hydrogen) atoms. The highest BCUT2D eigenvalue weighted by molar-refractivity contribution is 7.89. The highest BCUT2D eigenvalue weighted by atomic mass is 35.5. The van der Waals surface area contributed by atoms with Crippen molar-refractivity contribution in [1.82, 2.24) is 4.72 Å². The molecular weight excluding hydrogens is 333 g/mol. The number of hydrogen-bond acceptors (Lipinski definition) is 3. The number of alkyl halides is 1. The fourth-order valence-corrected chi connectivity index (χ4v) is 4.32. The number of nitrogens with one attached hydrogen (secondary N) is 1. The van der Waals surface area contributed by atoms with Crippen molar-refractivity contribution >= 4 is 33.0 Å². The van der Waals surface area contributed by atoms with Gasteiger partial charge in [0.1, 0.15) is 5.82 Å². The smallest absolute Gasteiger partial charge is 0.212 e. The van der Waals surface area contributed by atoms with E-state index >= 15 is 0 Å². The van der Waals surface area contributed by atoms with Crippen LogP contribution in [0, 0.1) is 5.82 Å². The standard InChI is InChI=1S/C14H15ClFNO2S2/c15-8-2-10-21(18,19)17-14(13-3-1-9-20-13)11-4-6-12(16)7-5-11/h1,3-7,9,14,17H,2,8,10H2. The molecule has 0 aliphatic carbocycles. The Labute approximate surface area is 132 Å². The number of rotatable bonds is 7. The summed E-state index contributed by atoms with van der Waals surface area (Å²) < 4.78 is 39.9. The summed E-state index contributed by atoms with van der Waals surface area (Å²) in [6, 6.07) is 9.01. The zero-order valence-corrected chi connectivity index (χ0v) is 13.5. The Bertz CT molecular complexity index is 657. The van der Waals surface area contributed by atoms with E-state index in [0.29, 0.717) is 17.9 Å². The minimum absolute atomic E-state index is 0.0282. The van der Waals surface area contributed by atoms with Crippen LogP contribution in [0.1, 0.15) is 22.9 Å². The van der Waals surface area contributed by atoms with Gasteiger partial charge in [0.05, 0.1) is 11.8 Å². The van der Waals surface area contributed by atoms with Crippen LogP contribution in [0.3, 0.4) is 0 Å². The van der Waals surface area contributed by atoms with Gasteiger partial charge in [0, 0.05) is 10.8 Å². The molecule has 7 heteroatoms. The second kappa shape index (κ2) is 7.35. The van der Waals surface area contributed by atoms with E-state index in [0.717, 1.165) is 4.88 Å². The monoisotopic (exact) mass is 347 g/mol. The van der Waals surface area contributed by atoms with Crippen LogP contribution in [-0.2, 0) is 10.0 Å². The van der Waals surface area contributed by atoms with Crippen molar-refractivity contribution < 1.29 is 12.8 Å². The van der Waals surface area contributed by atoms with Gasteiger partial charge in [0.2, 0.25) is 10.0 Å². The van der Waals surface area contributed by atoms with E-state index in [1.165, 1.54) is 23.5 Å². The summed E-state index contributed by atoms with van der Waals surface area (Å²) in [4.78, 5) is 0.857. The minimum atomic E-state index is -3.45. The number of sulfonamides is 1. The molecule has 0 fully saturated rings. The second-order valence-electron chi connectivity index (χ2n) is 4.48. The maximum atomic E-state index is 13.0. The van der Waals surface area contributed by atoms with Gasteiger partial charge in [-0.25, -0.2) is 17.5 Å². The van der Waals surface area contributed by atoms with Crippen molar-refractivity contribution in [2.75, 3.05) is 11.6 Å². The van der Waals surface area contributed by atoms with Gasteiger partial charge in [-0.05, 0) is 35.6 Å². The fourth-order valence-electron chi connectivity index (χ4n) is 1.88. The maximum absolute atomic E-state index is 13.0. The molecule has 0 radical (unpaired) electrons. The Balaban J connectivity index is 2.27. The highest BCUT2D eigenvalue weighted by Crippen LogP contribution is 2.27. The number of thiophene rings is 1. The molecule has 1 atom stereocenters. The molecule has 2 rings (SSSR count). The maximum Gasteiger partial charge on any atom is 0.212 e. The molecule has 114 valence electrons. The third kappa shape index (κ3) is 4.78. The molecule has 0 amide bonds. The van der Waals surface area contributed by atoms with Crippen LogP contribution in [0.25, 0.3) is 0 Å². The lowest BCUT2D eigenvalue weighted by Crippen LogP contribution is -2.31. The molecule has 0 saturated heterocycles. The zero-order valence-electron chi connectivity index (χ0n) is 11.1. The van der Waals surface area contributed by atoms with Gasteiger partial charge in [0.25, 0.3) is 0 Å². The topological polar surface area (TPSA) is 46.2 Å². The van der Waals surface area contributed by atoms with E-state index in [1.807, 2.05) is 17.5 Å². The van der Waals surface area contributed by atoms with Crippen LogP contribution in [0.5, 0.6) is 0 Å². The summed E-state index contributed by atoms with van der Waals surface area (Å²) in [6.45, 7) is 0. The second-order valence-corrected chi connectivity index (χ2v) is 7.71. The van der Waals surface area contributed by atoms with Crippen molar-refractivity contribution in [3.63, 3.8) is 0 Å². The van der Waals surface area contributed by atoms with E-state index < -0.39 is 16.1 Å². The predicted molar refractivity (Wildman–Crippen MR) is 84.8 cm³/mol. The molecular formula is C14H15ClFNO2S2. The Morgan fingerprint density at radius 1 is 1.24 bits per heavy atom. The molecule has 0 aliphatic rings. The van der Waals surface area contributed by atoms with Crippen LogP contribution in [0.4, 0.5) is 4.39 Å². The van der Waals surface area contributed by atoms with Crippen molar-refractivity contribution in [3.8, 4) is 0 Å². The molecule has 1 aromatic heterocycles. The minimum Gasteiger partial charge on any atom is -0.212 e. The van der Waals surface area contributed by atoms with Gasteiger partial charge in [0.15, 0.2) is 0 Å². The summed E-state index contributed by atoms with van der Waals surface area (Å²) in [5.41, 5.74) is 0.702. The van der Waals surface area contributed by atoms with Crippen molar-refractivity contribution in [1.29, 1.82) is 0 Å². The van der Waals surface area contributed by atoms with Gasteiger partial charge in [-0.3, -0.25) is 0 Å². The van der Waals surface area contributed by atoms with Crippen LogP contribution in [-0.4, -0.2) is 20.1 Å². The lowest BCUT2D eigenvalue weighted by atomic mass is 10.1. The lowest BCUT2D eigenvalue weighted by Gasteiger charge is -2.18. The molecule has 0 saturated carbocycles. The van der Waals surface area contributed by atoms with E-state index in [9.17, 15) is 12.8 Å². The molecule has 1 N–H and O–H groups in total. The van der Waals surface area contributed by atoms with E-state index in [2.05, 4.69) is 4.72 Å². The third-order valence-corrected chi connectivity index (χ3v) is 5.50. The van der Waals surface area contributed by atoms with E-state index in [-0.39, 0.29) is 11.6 Å². The van der Waals surface area contributed by atoms with Gasteiger partial charge in [-0.2, -0.15) is 0 Å². The first-order chi connectivity index (χ1) is 10.0. The molecule has 2 aromatic rings. The molecule has 0 spiro atoms. The van der Waals surface area contributed by atoms with Gasteiger partial charge in [-0.1, -0.05) is 18.2 Å². The van der Waals surface area contributed by atoms with E-state index in [1.54, 1.807) is 12.1 Å². The van der Waals surface area contributed by atoms with Crippen LogP contribution >= 0.6 is 22.9 Å². The first-order valence-corrected chi connectivity index (χ1v) is 9.43. The summed E-state index contributed by atoms with van der Waals surface area (Å²) in [5.74, 6) is -0.0885. The van der Waals surface area contributed by atoms with Crippen LogP contribution < -0.4 is 4.72 Å². The molecule has 0 bridgehead atoms. The first kappa shape index (κ1) is 16.4. The molecule has 1 unspecified atom stereocenters. The Morgan fingerprint density at radius 2 is 1.95 bits per heavy atom. The third-order valence-electron chi connectivity index (χ3n) is 2.88. The summed E-state index contributed by atoms with van der Waals surface area (Å²) in [5, 5.41) is 1.87. The summed E-state index contributed by atoms with van der Waals surface area (Å²) in [6.07, 6.45) is 0.386. The van der Waals surface area contributed by atoms with E-state index in [4.69, 9.17) is 11.6 Å². The van der Waals surface area contributed by atoms with Gasteiger partial charge in [-0.15, -0.1) is 22.9 Å². The Kier molecular flexibility index (Phi) is 5.75. The zero-order chi connectivity index (χ0) is 15.3. The van der Waals surface area contributed by atoms with Crippen molar-refractivity contribution in [2.45, 2.75) is 12.5 Å². The van der Waals surface area contributed by atoms with Crippen molar-refractivity contribution in [3.05, 3.63) is 58.0 Å². The van der Waals surface area contributed by atoms with Gasteiger partial charge >= 0.3 is 0 Å². The number of benzene rings is 1. The Morgan fingerprint density at radius 3 is 2.52 bits per heavy atom. The van der Waals surface area contributed by atoms with Gasteiger partial charge < -0.3 is 0 Å². The SMILES string of the molecule is O=S(=O)(CCCCl)NC(c1ccc(F)cc1)c1cccs1. The average Bonchev–Trinajstić information content (AvgIpc) is 2.98. The predicted octanol–water partition coefficient (Wildman–Crippen LogP) is 3.52. The molecule has 3 nitrogen and oxygen atoms in total. The molecule has 1 heterocycles. The largest absolute Gasteiger partial charge is 0.212 e. The summed E-state index contributed by atoms with van der Waals surface area (Å²) >= 11 is 6.99. The molecule has 0 aliphatic heterocycles. The average molecular weight is 348 g/mol. The normalized spacial score (nSPS) is 13.2. The van der Waals surface area contributed by atoms with Crippen LogP contribution in [0.15, 0.2) is 41.8 Å². The first-order valence-electron chi connectivity index (χ1n) is 6.36. The number of halogens is 2. The Hall–Kier alpha value is -0.950. The van der Waals surface area contributed by atoms with Crippen molar-refractivity contribution in [2.24, 2.45) is 0 Å². The lowest BCUT2D eigenvalue weighted by molar-refractivity contribution is 0.571. The number of hydrogen-bond donors (Lipinski definition) is 1. The molecule has 1 aromatic carbocycles. The quantitative estimate of drug-likeness (QED) is 0.779. The fraction of sp³-hybridized carbons (Fsp3) is 0.286. The highest BCUT2D eigenvalue weighted by Gasteiger charge is 2.21. The summed E-state index contributed by atoms with van der Waals surface area (Å²) in [7, 11) is -3.45. The van der Waals surface area contributed by atoms with Crippen LogP contribution in [0.2, 0.25) is 0 Å².